The first-order valence-corrected chi connectivity index (χ1v) is 5.29. The van der Waals surface area contributed by atoms with Crippen molar-refractivity contribution >= 4 is 0 Å². The van der Waals surface area contributed by atoms with E-state index in [0.717, 1.165) is 25.2 Å². The zero-order valence-electron chi connectivity index (χ0n) is 8.93. The van der Waals surface area contributed by atoms with Crippen LogP contribution in [0.1, 0.15) is 24.7 Å². The normalized spacial score (nSPS) is 10.5. The van der Waals surface area contributed by atoms with Gasteiger partial charge in [-0.2, -0.15) is 0 Å². The predicted octanol–water partition coefficient (Wildman–Crippen LogP) is 2.28. The summed E-state index contributed by atoms with van der Waals surface area (Å²) in [6.07, 6.45) is 9.75. The van der Waals surface area contributed by atoms with Crippen molar-refractivity contribution in [1.29, 1.82) is 0 Å². The van der Waals surface area contributed by atoms with E-state index < -0.39 is 0 Å². The molecule has 0 unspecified atom stereocenters. The summed E-state index contributed by atoms with van der Waals surface area (Å²) >= 11 is 0. The molecule has 0 fully saturated rings. The zero-order chi connectivity index (χ0) is 10.5. The van der Waals surface area contributed by atoms with Crippen LogP contribution in [0.25, 0.3) is 0 Å². The number of aromatic nitrogens is 3. The first-order chi connectivity index (χ1) is 7.40. The summed E-state index contributed by atoms with van der Waals surface area (Å²) in [5, 5.41) is 0. The largest absolute Gasteiger partial charge is 0.330 e. The molecule has 0 aromatic carbocycles. The van der Waals surface area contributed by atoms with Crippen LogP contribution in [0.5, 0.6) is 0 Å². The van der Waals surface area contributed by atoms with Crippen LogP contribution in [0.4, 0.5) is 0 Å². The van der Waals surface area contributed by atoms with Gasteiger partial charge in [-0.1, -0.05) is 13.0 Å². The van der Waals surface area contributed by atoms with Crippen LogP contribution in [0.3, 0.4) is 0 Å². The van der Waals surface area contributed by atoms with Crippen LogP contribution in [0.2, 0.25) is 0 Å². The molecule has 0 radical (unpaired) electrons. The second kappa shape index (κ2) is 4.73. The van der Waals surface area contributed by atoms with Crippen LogP contribution in [-0.4, -0.2) is 14.5 Å². The molecular formula is C12H15N3. The van der Waals surface area contributed by atoms with E-state index >= 15 is 0 Å². The molecule has 0 saturated carbocycles. The summed E-state index contributed by atoms with van der Waals surface area (Å²) in [4.78, 5) is 8.45. The molecule has 2 aromatic heterocycles. The Kier molecular flexibility index (Phi) is 3.12. The summed E-state index contributed by atoms with van der Waals surface area (Å²) in [5.41, 5.74) is 1.22. The molecule has 0 aliphatic heterocycles. The predicted molar refractivity (Wildman–Crippen MR) is 59.6 cm³/mol. The molecule has 0 amide bonds. The number of rotatable bonds is 4. The summed E-state index contributed by atoms with van der Waals surface area (Å²) in [6, 6.07) is 4.05. The standard InChI is InChI=1S/C12H15N3/c1-2-4-12-14-7-8-15(12)10-11-5-3-6-13-9-11/h3,5-9H,2,4,10H2,1H3. The number of pyridine rings is 1. The Morgan fingerprint density at radius 3 is 3.00 bits per heavy atom. The fourth-order valence-corrected chi connectivity index (χ4v) is 1.62. The lowest BCUT2D eigenvalue weighted by molar-refractivity contribution is 0.703. The van der Waals surface area contributed by atoms with Gasteiger partial charge in [-0.15, -0.1) is 0 Å². The molecule has 2 heterocycles. The smallest absolute Gasteiger partial charge is 0.108 e. The van der Waals surface area contributed by atoms with Crippen molar-refractivity contribution in [2.24, 2.45) is 0 Å². The topological polar surface area (TPSA) is 30.7 Å². The van der Waals surface area contributed by atoms with Crippen LogP contribution in [0, 0.1) is 0 Å². The molecule has 0 spiro atoms. The van der Waals surface area contributed by atoms with E-state index in [-0.39, 0.29) is 0 Å². The Balaban J connectivity index is 2.14. The highest BCUT2D eigenvalue weighted by Crippen LogP contribution is 2.05. The SMILES string of the molecule is CCCc1nccn1Cc1cccnc1. The first kappa shape index (κ1) is 9.90. The molecule has 3 nitrogen and oxygen atoms in total. The third kappa shape index (κ3) is 2.43. The Bertz CT molecular complexity index is 406. The summed E-state index contributed by atoms with van der Waals surface area (Å²) < 4.78 is 2.18. The Labute approximate surface area is 89.8 Å². The van der Waals surface area contributed by atoms with Crippen molar-refractivity contribution in [1.82, 2.24) is 14.5 Å². The summed E-state index contributed by atoms with van der Waals surface area (Å²) in [6.45, 7) is 3.03. The number of nitrogens with zero attached hydrogens (tertiary/aromatic N) is 3. The number of aryl methyl sites for hydroxylation is 1. The lowest BCUT2D eigenvalue weighted by Crippen LogP contribution is -2.04. The molecule has 0 bridgehead atoms. The first-order valence-electron chi connectivity index (χ1n) is 5.29. The maximum atomic E-state index is 4.34. The highest BCUT2D eigenvalue weighted by atomic mass is 15.1. The number of hydrogen-bond donors (Lipinski definition) is 0. The average molecular weight is 201 g/mol. The van der Waals surface area contributed by atoms with Crippen LogP contribution < -0.4 is 0 Å². The van der Waals surface area contributed by atoms with Crippen LogP contribution in [0.15, 0.2) is 36.9 Å². The lowest BCUT2D eigenvalue weighted by Gasteiger charge is -2.06. The minimum Gasteiger partial charge on any atom is -0.330 e. The summed E-state index contributed by atoms with van der Waals surface area (Å²) in [5.74, 6) is 1.15. The van der Waals surface area contributed by atoms with E-state index in [9.17, 15) is 0 Å². The molecule has 78 valence electrons. The van der Waals surface area contributed by atoms with Gasteiger partial charge in [0, 0.05) is 31.2 Å². The van der Waals surface area contributed by atoms with Gasteiger partial charge in [0.15, 0.2) is 0 Å². The molecule has 0 atom stereocenters. The van der Waals surface area contributed by atoms with E-state index in [2.05, 4.69) is 27.5 Å². The van der Waals surface area contributed by atoms with Gasteiger partial charge >= 0.3 is 0 Å². The van der Waals surface area contributed by atoms with Crippen molar-refractivity contribution in [3.63, 3.8) is 0 Å². The number of hydrogen-bond acceptors (Lipinski definition) is 2. The zero-order valence-corrected chi connectivity index (χ0v) is 8.93. The lowest BCUT2D eigenvalue weighted by atomic mass is 10.2. The highest BCUT2D eigenvalue weighted by molar-refractivity contribution is 5.10. The Morgan fingerprint density at radius 2 is 2.27 bits per heavy atom. The quantitative estimate of drug-likeness (QED) is 0.759. The van der Waals surface area contributed by atoms with Gasteiger partial charge in [-0.3, -0.25) is 4.98 Å². The third-order valence-corrected chi connectivity index (χ3v) is 2.35. The van der Waals surface area contributed by atoms with Crippen molar-refractivity contribution < 1.29 is 0 Å². The van der Waals surface area contributed by atoms with E-state index in [1.54, 1.807) is 6.20 Å². The monoisotopic (exact) mass is 201 g/mol. The van der Waals surface area contributed by atoms with Gasteiger partial charge in [0.05, 0.1) is 6.54 Å². The van der Waals surface area contributed by atoms with Crippen molar-refractivity contribution in [2.45, 2.75) is 26.3 Å². The van der Waals surface area contributed by atoms with Gasteiger partial charge in [-0.25, -0.2) is 4.98 Å². The minimum absolute atomic E-state index is 0.864. The molecule has 2 aromatic rings. The highest BCUT2D eigenvalue weighted by Gasteiger charge is 2.01. The van der Waals surface area contributed by atoms with E-state index in [0.29, 0.717) is 0 Å². The third-order valence-electron chi connectivity index (χ3n) is 2.35. The van der Waals surface area contributed by atoms with Gasteiger partial charge in [0.25, 0.3) is 0 Å². The maximum absolute atomic E-state index is 4.34. The van der Waals surface area contributed by atoms with Crippen molar-refractivity contribution in [2.75, 3.05) is 0 Å². The Morgan fingerprint density at radius 1 is 1.33 bits per heavy atom. The second-order valence-electron chi connectivity index (χ2n) is 3.58. The molecule has 2 rings (SSSR count). The number of imidazole rings is 1. The molecule has 0 saturated heterocycles. The van der Waals surface area contributed by atoms with Crippen LogP contribution >= 0.6 is 0 Å². The summed E-state index contributed by atoms with van der Waals surface area (Å²) in [7, 11) is 0. The van der Waals surface area contributed by atoms with Gasteiger partial charge in [0.2, 0.25) is 0 Å². The van der Waals surface area contributed by atoms with Gasteiger partial charge in [0.1, 0.15) is 5.82 Å². The Hall–Kier alpha value is -1.64. The fraction of sp³-hybridized carbons (Fsp3) is 0.333. The minimum atomic E-state index is 0.864. The molecule has 0 aliphatic rings. The van der Waals surface area contributed by atoms with Gasteiger partial charge < -0.3 is 4.57 Å². The maximum Gasteiger partial charge on any atom is 0.108 e. The average Bonchev–Trinajstić information content (AvgIpc) is 2.68. The fourth-order valence-electron chi connectivity index (χ4n) is 1.62. The molecule has 0 N–H and O–H groups in total. The second-order valence-corrected chi connectivity index (χ2v) is 3.58. The molecule has 0 aliphatic carbocycles. The van der Waals surface area contributed by atoms with Crippen molar-refractivity contribution in [3.8, 4) is 0 Å². The van der Waals surface area contributed by atoms with Gasteiger partial charge in [-0.05, 0) is 18.1 Å². The van der Waals surface area contributed by atoms with E-state index in [4.69, 9.17) is 0 Å². The van der Waals surface area contributed by atoms with Crippen LogP contribution in [-0.2, 0) is 13.0 Å². The molecule has 15 heavy (non-hydrogen) atoms. The molecule has 3 heteroatoms. The van der Waals surface area contributed by atoms with E-state index in [1.165, 1.54) is 5.56 Å². The van der Waals surface area contributed by atoms with Crippen molar-refractivity contribution in [3.05, 3.63) is 48.3 Å². The molecular weight excluding hydrogens is 186 g/mol. The van der Waals surface area contributed by atoms with E-state index in [1.807, 2.05) is 24.7 Å².